The smallest absolute Gasteiger partial charge is 0.353 e. The first kappa shape index (κ1) is 15.2. The maximum absolute atomic E-state index is 12.1. The van der Waals surface area contributed by atoms with Crippen LogP contribution in [0.1, 0.15) is 23.9 Å². The lowest BCUT2D eigenvalue weighted by atomic mass is 10.2. The van der Waals surface area contributed by atoms with Crippen LogP contribution in [0.2, 0.25) is 0 Å². The lowest BCUT2D eigenvalue weighted by Gasteiger charge is -2.15. The van der Waals surface area contributed by atoms with E-state index in [0.717, 1.165) is 10.6 Å². The van der Waals surface area contributed by atoms with E-state index < -0.39 is 24.5 Å². The molecule has 0 aromatic carbocycles. The lowest BCUT2D eigenvalue weighted by molar-refractivity contribution is -0.141. The van der Waals surface area contributed by atoms with Gasteiger partial charge in [0, 0.05) is 16.6 Å². The van der Waals surface area contributed by atoms with Gasteiger partial charge in [-0.15, -0.1) is 11.3 Å². The number of amides is 1. The molecule has 3 nitrogen and oxygen atoms in total. The van der Waals surface area contributed by atoms with Crippen molar-refractivity contribution in [3.8, 4) is 0 Å². The molecule has 18 heavy (non-hydrogen) atoms. The Morgan fingerprint density at radius 3 is 2.61 bits per heavy atom. The predicted octanol–water partition coefficient (Wildman–Crippen LogP) is 3.11. The summed E-state index contributed by atoms with van der Waals surface area (Å²) in [5.41, 5.74) is 0.781. The van der Waals surface area contributed by atoms with Crippen molar-refractivity contribution in [2.24, 2.45) is 0 Å². The van der Waals surface area contributed by atoms with Gasteiger partial charge in [-0.1, -0.05) is 0 Å². The predicted molar refractivity (Wildman–Crippen MR) is 66.2 cm³/mol. The SMILES string of the molecule is Cc1[nH]c(=S)sc1CC(=O)NC(C)CC(F)(F)F. The Labute approximate surface area is 111 Å². The molecular weight excluding hydrogens is 285 g/mol. The van der Waals surface area contributed by atoms with Crippen molar-refractivity contribution in [1.82, 2.24) is 10.3 Å². The largest absolute Gasteiger partial charge is 0.391 e. The zero-order valence-electron chi connectivity index (χ0n) is 9.85. The van der Waals surface area contributed by atoms with Gasteiger partial charge >= 0.3 is 6.18 Å². The monoisotopic (exact) mass is 298 g/mol. The molecule has 1 rings (SSSR count). The van der Waals surface area contributed by atoms with Crippen molar-refractivity contribution in [2.75, 3.05) is 0 Å². The van der Waals surface area contributed by atoms with Crippen LogP contribution in [0.5, 0.6) is 0 Å². The molecule has 0 fully saturated rings. The maximum Gasteiger partial charge on any atom is 0.391 e. The topological polar surface area (TPSA) is 44.9 Å². The Hall–Kier alpha value is -0.890. The number of aryl methyl sites for hydroxylation is 1. The minimum absolute atomic E-state index is 0.0475. The van der Waals surface area contributed by atoms with Crippen LogP contribution < -0.4 is 5.32 Å². The van der Waals surface area contributed by atoms with Gasteiger partial charge in [0.2, 0.25) is 5.91 Å². The quantitative estimate of drug-likeness (QED) is 0.839. The van der Waals surface area contributed by atoms with Crippen LogP contribution in [-0.2, 0) is 11.2 Å². The van der Waals surface area contributed by atoms with Gasteiger partial charge in [0.05, 0.1) is 12.8 Å². The highest BCUT2D eigenvalue weighted by Gasteiger charge is 2.30. The fraction of sp³-hybridized carbons (Fsp3) is 0.600. The van der Waals surface area contributed by atoms with Crippen molar-refractivity contribution < 1.29 is 18.0 Å². The number of aromatic nitrogens is 1. The standard InChI is InChI=1S/C10H13F3N2OS2/c1-5(4-10(11,12)13)14-8(16)3-7-6(2)15-9(17)18-7/h5H,3-4H2,1-2H3,(H,14,16)(H,15,17). The highest BCUT2D eigenvalue weighted by Crippen LogP contribution is 2.21. The number of hydrogen-bond donors (Lipinski definition) is 2. The number of rotatable bonds is 4. The van der Waals surface area contributed by atoms with Crippen LogP contribution in [0.3, 0.4) is 0 Å². The molecule has 1 amide bonds. The highest BCUT2D eigenvalue weighted by molar-refractivity contribution is 7.73. The molecule has 2 N–H and O–H groups in total. The molecule has 8 heteroatoms. The fourth-order valence-electron chi connectivity index (χ4n) is 1.48. The average molecular weight is 298 g/mol. The van der Waals surface area contributed by atoms with E-state index in [0.29, 0.717) is 3.95 Å². The number of alkyl halides is 3. The van der Waals surface area contributed by atoms with E-state index in [-0.39, 0.29) is 6.42 Å². The summed E-state index contributed by atoms with van der Waals surface area (Å²) in [6.45, 7) is 3.10. The van der Waals surface area contributed by atoms with Crippen LogP contribution >= 0.6 is 23.6 Å². The van der Waals surface area contributed by atoms with Crippen molar-refractivity contribution in [1.29, 1.82) is 0 Å². The molecule has 0 spiro atoms. The number of carbonyl (C=O) groups is 1. The minimum atomic E-state index is -4.27. The van der Waals surface area contributed by atoms with Gasteiger partial charge in [-0.3, -0.25) is 4.79 Å². The first-order chi connectivity index (χ1) is 8.17. The third-order valence-electron chi connectivity index (χ3n) is 2.19. The van der Waals surface area contributed by atoms with Gasteiger partial charge in [0.15, 0.2) is 3.95 Å². The van der Waals surface area contributed by atoms with Crippen LogP contribution in [0.4, 0.5) is 13.2 Å². The molecule has 0 radical (unpaired) electrons. The van der Waals surface area contributed by atoms with E-state index in [1.165, 1.54) is 18.3 Å². The summed E-state index contributed by atoms with van der Waals surface area (Å²) in [6.07, 6.45) is -5.25. The number of halogens is 3. The van der Waals surface area contributed by atoms with Crippen molar-refractivity contribution in [3.05, 3.63) is 14.5 Å². The Bertz CT molecular complexity index is 478. The second-order valence-electron chi connectivity index (χ2n) is 4.03. The number of thiazole rings is 1. The molecule has 0 bridgehead atoms. The molecule has 0 aliphatic rings. The van der Waals surface area contributed by atoms with E-state index in [9.17, 15) is 18.0 Å². The summed E-state index contributed by atoms with van der Waals surface area (Å²) in [5.74, 6) is -0.430. The van der Waals surface area contributed by atoms with E-state index in [2.05, 4.69) is 10.3 Å². The number of aromatic amines is 1. The second kappa shape index (κ2) is 5.83. The summed E-state index contributed by atoms with van der Waals surface area (Å²) in [5, 5.41) is 2.32. The van der Waals surface area contributed by atoms with Crippen molar-refractivity contribution >= 4 is 29.5 Å². The lowest BCUT2D eigenvalue weighted by Crippen LogP contribution is -2.36. The zero-order chi connectivity index (χ0) is 13.9. The minimum Gasteiger partial charge on any atom is -0.353 e. The molecular formula is C10H13F3N2OS2. The van der Waals surface area contributed by atoms with Crippen LogP contribution in [0.15, 0.2) is 0 Å². The molecule has 0 saturated carbocycles. The normalized spacial score (nSPS) is 13.4. The maximum atomic E-state index is 12.1. The van der Waals surface area contributed by atoms with Gasteiger partial charge in [0.1, 0.15) is 0 Å². The van der Waals surface area contributed by atoms with Crippen molar-refractivity contribution in [3.63, 3.8) is 0 Å². The Morgan fingerprint density at radius 2 is 2.17 bits per heavy atom. The fourth-order valence-corrected chi connectivity index (χ4v) is 2.77. The van der Waals surface area contributed by atoms with Crippen LogP contribution in [-0.4, -0.2) is 23.1 Å². The molecule has 0 aliphatic heterocycles. The highest BCUT2D eigenvalue weighted by atomic mass is 32.1. The van der Waals surface area contributed by atoms with Gasteiger partial charge in [-0.25, -0.2) is 0 Å². The van der Waals surface area contributed by atoms with E-state index in [1.54, 1.807) is 6.92 Å². The summed E-state index contributed by atoms with van der Waals surface area (Å²) >= 11 is 6.17. The number of hydrogen-bond acceptors (Lipinski definition) is 3. The van der Waals surface area contributed by atoms with Gasteiger partial charge in [0.25, 0.3) is 0 Å². The zero-order valence-corrected chi connectivity index (χ0v) is 11.5. The Morgan fingerprint density at radius 1 is 1.56 bits per heavy atom. The molecule has 1 heterocycles. The molecule has 102 valence electrons. The summed E-state index contributed by atoms with van der Waals surface area (Å²) < 4.78 is 36.8. The molecule has 1 unspecified atom stereocenters. The molecule has 0 aliphatic carbocycles. The Kier molecular flexibility index (Phi) is 4.92. The van der Waals surface area contributed by atoms with Crippen LogP contribution in [0.25, 0.3) is 0 Å². The summed E-state index contributed by atoms with van der Waals surface area (Å²) in [6, 6.07) is -0.926. The third kappa shape index (κ3) is 5.18. The number of carbonyl (C=O) groups excluding carboxylic acids is 1. The first-order valence-electron chi connectivity index (χ1n) is 5.22. The average Bonchev–Trinajstić information content (AvgIpc) is 2.40. The van der Waals surface area contributed by atoms with Gasteiger partial charge < -0.3 is 10.3 Å². The Balaban J connectivity index is 2.52. The summed E-state index contributed by atoms with van der Waals surface area (Å²) in [7, 11) is 0. The molecule has 0 saturated heterocycles. The van der Waals surface area contributed by atoms with E-state index in [1.807, 2.05) is 0 Å². The third-order valence-corrected chi connectivity index (χ3v) is 3.53. The van der Waals surface area contributed by atoms with Gasteiger partial charge in [-0.05, 0) is 26.1 Å². The molecule has 1 aromatic rings. The number of H-pyrrole nitrogens is 1. The molecule has 1 atom stereocenters. The van der Waals surface area contributed by atoms with Crippen molar-refractivity contribution in [2.45, 2.75) is 38.9 Å². The number of nitrogens with one attached hydrogen (secondary N) is 2. The second-order valence-corrected chi connectivity index (χ2v) is 5.80. The van der Waals surface area contributed by atoms with Gasteiger partial charge in [-0.2, -0.15) is 13.2 Å². The first-order valence-corrected chi connectivity index (χ1v) is 6.44. The van der Waals surface area contributed by atoms with Crippen LogP contribution in [0, 0.1) is 10.9 Å². The molecule has 1 aromatic heterocycles. The van der Waals surface area contributed by atoms with E-state index >= 15 is 0 Å². The van der Waals surface area contributed by atoms with E-state index in [4.69, 9.17) is 12.2 Å². The summed E-state index contributed by atoms with van der Waals surface area (Å²) in [4.78, 5) is 15.2.